The molecule has 3 nitrogen and oxygen atoms in total. The summed E-state index contributed by atoms with van der Waals surface area (Å²) in [7, 11) is 0. The van der Waals surface area contributed by atoms with Crippen LogP contribution < -0.4 is 0 Å². The maximum atomic E-state index is 13.1. The number of aldehydes is 1. The van der Waals surface area contributed by atoms with Crippen molar-refractivity contribution in [3.63, 3.8) is 0 Å². The zero-order valence-corrected chi connectivity index (χ0v) is 9.56. The highest BCUT2D eigenvalue weighted by molar-refractivity contribution is 5.79. The third-order valence-corrected chi connectivity index (χ3v) is 3.17. The normalized spacial score (nSPS) is 26.9. The lowest BCUT2D eigenvalue weighted by molar-refractivity contribution is -0.330. The second-order valence-corrected chi connectivity index (χ2v) is 4.89. The number of rotatable bonds is 2. The molecule has 1 aliphatic heterocycles. The van der Waals surface area contributed by atoms with Gasteiger partial charge in [0, 0.05) is 5.57 Å². The summed E-state index contributed by atoms with van der Waals surface area (Å²) in [5, 5.41) is 0. The maximum absolute atomic E-state index is 13.1. The van der Waals surface area contributed by atoms with Crippen LogP contribution in [0.4, 0.5) is 13.2 Å². The molecule has 1 aliphatic carbocycles. The number of carbonyl (C=O) groups is 1. The van der Waals surface area contributed by atoms with E-state index in [0.717, 1.165) is 0 Å². The predicted octanol–water partition coefficient (Wildman–Crippen LogP) is 2.22. The topological polar surface area (TPSA) is 35.5 Å². The SMILES string of the molecule is CC1(C)CC(C=O)=C1C1(C(F)(F)F)OCCO1. The molecule has 0 unspecified atom stereocenters. The van der Waals surface area contributed by atoms with Crippen LogP contribution in [0.5, 0.6) is 0 Å². The van der Waals surface area contributed by atoms with Crippen LogP contribution in [0.15, 0.2) is 11.1 Å². The van der Waals surface area contributed by atoms with Gasteiger partial charge >= 0.3 is 6.18 Å². The first kappa shape index (κ1) is 12.6. The first-order chi connectivity index (χ1) is 7.74. The van der Waals surface area contributed by atoms with Gasteiger partial charge in [-0.1, -0.05) is 13.8 Å². The molecule has 0 spiro atoms. The molecule has 0 amide bonds. The van der Waals surface area contributed by atoms with Gasteiger partial charge in [0.2, 0.25) is 0 Å². The largest absolute Gasteiger partial charge is 0.447 e. The maximum Gasteiger partial charge on any atom is 0.447 e. The number of alkyl halides is 3. The van der Waals surface area contributed by atoms with Crippen molar-refractivity contribution < 1.29 is 27.4 Å². The molecule has 0 aromatic rings. The monoisotopic (exact) mass is 250 g/mol. The third kappa shape index (κ3) is 1.62. The predicted molar refractivity (Wildman–Crippen MR) is 52.2 cm³/mol. The Bertz CT molecular complexity index is 376. The number of halogens is 3. The highest BCUT2D eigenvalue weighted by atomic mass is 19.4. The molecule has 0 aromatic heterocycles. The second-order valence-electron chi connectivity index (χ2n) is 4.89. The van der Waals surface area contributed by atoms with Crippen molar-refractivity contribution in [1.82, 2.24) is 0 Å². The summed E-state index contributed by atoms with van der Waals surface area (Å²) < 4.78 is 49.0. The summed E-state index contributed by atoms with van der Waals surface area (Å²) in [6.45, 7) is 3.05. The quantitative estimate of drug-likeness (QED) is 0.705. The standard InChI is InChI=1S/C11H13F3O3/c1-9(2)5-7(6-15)8(9)10(11(12,13)14)16-3-4-17-10/h6H,3-5H2,1-2H3. The van der Waals surface area contributed by atoms with Crippen molar-refractivity contribution in [2.75, 3.05) is 13.2 Å². The number of hydrogen-bond acceptors (Lipinski definition) is 3. The Morgan fingerprint density at radius 3 is 2.12 bits per heavy atom. The van der Waals surface area contributed by atoms with Crippen molar-refractivity contribution in [3.8, 4) is 0 Å². The molecule has 0 atom stereocenters. The Hall–Kier alpha value is -0.880. The van der Waals surface area contributed by atoms with Gasteiger partial charge in [-0.25, -0.2) is 0 Å². The Kier molecular flexibility index (Phi) is 2.63. The molecular formula is C11H13F3O3. The Morgan fingerprint density at radius 1 is 1.24 bits per heavy atom. The van der Waals surface area contributed by atoms with E-state index in [4.69, 9.17) is 9.47 Å². The van der Waals surface area contributed by atoms with Crippen LogP contribution in [-0.2, 0) is 14.3 Å². The first-order valence-electron chi connectivity index (χ1n) is 5.28. The van der Waals surface area contributed by atoms with E-state index >= 15 is 0 Å². The molecule has 2 aliphatic rings. The smallest absolute Gasteiger partial charge is 0.337 e. The zero-order chi connectivity index (χ0) is 12.9. The molecule has 0 bridgehead atoms. The van der Waals surface area contributed by atoms with E-state index in [1.54, 1.807) is 13.8 Å². The van der Waals surface area contributed by atoms with Crippen LogP contribution in [0.25, 0.3) is 0 Å². The lowest BCUT2D eigenvalue weighted by atomic mass is 9.63. The highest BCUT2D eigenvalue weighted by Crippen LogP contribution is 2.57. The zero-order valence-electron chi connectivity index (χ0n) is 9.56. The molecule has 0 saturated carbocycles. The lowest BCUT2D eigenvalue weighted by Gasteiger charge is -2.47. The second kappa shape index (κ2) is 3.55. The summed E-state index contributed by atoms with van der Waals surface area (Å²) in [6, 6.07) is 0. The first-order valence-corrected chi connectivity index (χ1v) is 5.28. The molecule has 0 radical (unpaired) electrons. The number of ether oxygens (including phenoxy) is 2. The average molecular weight is 250 g/mol. The van der Waals surface area contributed by atoms with E-state index in [0.29, 0.717) is 12.7 Å². The van der Waals surface area contributed by atoms with Gasteiger partial charge in [0.1, 0.15) is 6.29 Å². The Labute approximate surface area is 96.6 Å². The van der Waals surface area contributed by atoms with Crippen LogP contribution in [-0.4, -0.2) is 31.5 Å². The minimum Gasteiger partial charge on any atom is -0.337 e. The van der Waals surface area contributed by atoms with E-state index in [-0.39, 0.29) is 24.4 Å². The molecule has 1 heterocycles. The fourth-order valence-corrected chi connectivity index (χ4v) is 2.60. The van der Waals surface area contributed by atoms with E-state index in [2.05, 4.69) is 0 Å². The van der Waals surface area contributed by atoms with E-state index in [1.807, 2.05) is 0 Å². The van der Waals surface area contributed by atoms with Crippen molar-refractivity contribution in [3.05, 3.63) is 11.1 Å². The van der Waals surface area contributed by atoms with Gasteiger partial charge in [-0.05, 0) is 17.4 Å². The van der Waals surface area contributed by atoms with Crippen LogP contribution in [0.3, 0.4) is 0 Å². The lowest BCUT2D eigenvalue weighted by Crippen LogP contribution is -2.55. The number of hydrogen-bond donors (Lipinski definition) is 0. The molecular weight excluding hydrogens is 237 g/mol. The summed E-state index contributed by atoms with van der Waals surface area (Å²) >= 11 is 0. The molecule has 17 heavy (non-hydrogen) atoms. The molecule has 96 valence electrons. The van der Waals surface area contributed by atoms with Crippen LogP contribution in [0, 0.1) is 5.41 Å². The highest BCUT2D eigenvalue weighted by Gasteiger charge is 2.67. The molecule has 0 aromatic carbocycles. The van der Waals surface area contributed by atoms with Gasteiger partial charge in [0.25, 0.3) is 5.79 Å². The molecule has 2 rings (SSSR count). The van der Waals surface area contributed by atoms with Crippen molar-refractivity contribution in [1.29, 1.82) is 0 Å². The van der Waals surface area contributed by atoms with E-state index in [9.17, 15) is 18.0 Å². The van der Waals surface area contributed by atoms with E-state index in [1.165, 1.54) is 0 Å². The van der Waals surface area contributed by atoms with Crippen LogP contribution in [0.1, 0.15) is 20.3 Å². The minimum absolute atomic E-state index is 0.0787. The van der Waals surface area contributed by atoms with Crippen molar-refractivity contribution in [2.24, 2.45) is 5.41 Å². The van der Waals surface area contributed by atoms with Crippen LogP contribution >= 0.6 is 0 Å². The Morgan fingerprint density at radius 2 is 1.76 bits per heavy atom. The van der Waals surface area contributed by atoms with Crippen molar-refractivity contribution in [2.45, 2.75) is 32.2 Å². The number of allylic oxidation sites excluding steroid dienone is 1. The van der Waals surface area contributed by atoms with Gasteiger partial charge in [-0.3, -0.25) is 4.79 Å². The minimum atomic E-state index is -4.68. The molecule has 1 fully saturated rings. The van der Waals surface area contributed by atoms with Crippen LogP contribution in [0.2, 0.25) is 0 Å². The fourth-order valence-electron chi connectivity index (χ4n) is 2.60. The molecule has 1 saturated heterocycles. The summed E-state index contributed by atoms with van der Waals surface area (Å²) in [6.07, 6.45) is -3.90. The molecule has 6 heteroatoms. The summed E-state index contributed by atoms with van der Waals surface area (Å²) in [4.78, 5) is 10.8. The van der Waals surface area contributed by atoms with Crippen molar-refractivity contribution >= 4 is 6.29 Å². The van der Waals surface area contributed by atoms with Gasteiger partial charge in [-0.15, -0.1) is 0 Å². The van der Waals surface area contributed by atoms with E-state index < -0.39 is 17.4 Å². The summed E-state index contributed by atoms with van der Waals surface area (Å²) in [5.74, 6) is -2.72. The van der Waals surface area contributed by atoms with Gasteiger partial charge in [0.15, 0.2) is 0 Å². The van der Waals surface area contributed by atoms with Gasteiger partial charge in [0.05, 0.1) is 13.2 Å². The molecule has 0 N–H and O–H groups in total. The van der Waals surface area contributed by atoms with Gasteiger partial charge < -0.3 is 9.47 Å². The van der Waals surface area contributed by atoms with Gasteiger partial charge in [-0.2, -0.15) is 13.2 Å². The fraction of sp³-hybridized carbons (Fsp3) is 0.727. The number of carbonyl (C=O) groups excluding carboxylic acids is 1. The third-order valence-electron chi connectivity index (χ3n) is 3.17. The average Bonchev–Trinajstić information content (AvgIpc) is 2.63. The Balaban J connectivity index is 2.52. The summed E-state index contributed by atoms with van der Waals surface area (Å²) in [5.41, 5.74) is -0.671.